The summed E-state index contributed by atoms with van der Waals surface area (Å²) in [4.78, 5) is 18.9. The average Bonchev–Trinajstić information content (AvgIpc) is 3.00. The standard InChI is InChI=1S/C15H29N7O2/c1-13(2)19(3)11-14-16-17-18-22(14)12-15(23)21-7-5-20(6-8-21)9-10-24-4/h13H,5-12H2,1-4H3. The number of tetrazole rings is 1. The van der Waals surface area contributed by atoms with E-state index in [2.05, 4.69) is 39.2 Å². The van der Waals surface area contributed by atoms with E-state index in [1.54, 1.807) is 11.8 Å². The second kappa shape index (κ2) is 9.05. The molecule has 0 aliphatic carbocycles. The van der Waals surface area contributed by atoms with Crippen molar-refractivity contribution in [1.82, 2.24) is 34.9 Å². The van der Waals surface area contributed by atoms with E-state index in [1.807, 2.05) is 11.9 Å². The van der Waals surface area contributed by atoms with Gasteiger partial charge in [-0.15, -0.1) is 5.10 Å². The van der Waals surface area contributed by atoms with Crippen LogP contribution in [0.4, 0.5) is 0 Å². The van der Waals surface area contributed by atoms with Crippen molar-refractivity contribution in [2.45, 2.75) is 33.0 Å². The highest BCUT2D eigenvalue weighted by Gasteiger charge is 2.22. The van der Waals surface area contributed by atoms with Crippen molar-refractivity contribution >= 4 is 5.91 Å². The number of hydrogen-bond acceptors (Lipinski definition) is 7. The molecular weight excluding hydrogens is 310 g/mol. The predicted molar refractivity (Wildman–Crippen MR) is 89.3 cm³/mol. The lowest BCUT2D eigenvalue weighted by Gasteiger charge is -2.34. The number of carbonyl (C=O) groups is 1. The Morgan fingerprint density at radius 2 is 2.00 bits per heavy atom. The van der Waals surface area contributed by atoms with Gasteiger partial charge in [0.2, 0.25) is 5.91 Å². The number of ether oxygens (including phenoxy) is 1. The van der Waals surface area contributed by atoms with E-state index in [0.717, 1.165) is 45.2 Å². The summed E-state index contributed by atoms with van der Waals surface area (Å²) >= 11 is 0. The van der Waals surface area contributed by atoms with Gasteiger partial charge < -0.3 is 9.64 Å². The van der Waals surface area contributed by atoms with Crippen molar-refractivity contribution in [3.05, 3.63) is 5.82 Å². The molecule has 0 radical (unpaired) electrons. The molecule has 0 aromatic carbocycles. The Balaban J connectivity index is 1.84. The Morgan fingerprint density at radius 1 is 1.29 bits per heavy atom. The molecule has 24 heavy (non-hydrogen) atoms. The van der Waals surface area contributed by atoms with Gasteiger partial charge in [0.1, 0.15) is 6.54 Å². The topological polar surface area (TPSA) is 79.6 Å². The Morgan fingerprint density at radius 3 is 2.62 bits per heavy atom. The molecule has 0 unspecified atom stereocenters. The van der Waals surface area contributed by atoms with Gasteiger partial charge in [-0.05, 0) is 31.3 Å². The first kappa shape index (κ1) is 18.8. The van der Waals surface area contributed by atoms with Gasteiger partial charge in [-0.3, -0.25) is 14.6 Å². The van der Waals surface area contributed by atoms with Crippen LogP contribution in [0.3, 0.4) is 0 Å². The summed E-state index contributed by atoms with van der Waals surface area (Å²) in [6.45, 7) is 9.95. The summed E-state index contributed by atoms with van der Waals surface area (Å²) in [6.07, 6.45) is 0. The molecule has 0 bridgehead atoms. The van der Waals surface area contributed by atoms with E-state index in [-0.39, 0.29) is 12.5 Å². The predicted octanol–water partition coefficient (Wildman–Crippen LogP) is -0.696. The maximum Gasteiger partial charge on any atom is 0.244 e. The smallest absolute Gasteiger partial charge is 0.244 e. The molecule has 9 nitrogen and oxygen atoms in total. The highest BCUT2D eigenvalue weighted by Crippen LogP contribution is 2.06. The fourth-order valence-corrected chi connectivity index (χ4v) is 2.53. The number of piperazine rings is 1. The van der Waals surface area contributed by atoms with Crippen molar-refractivity contribution < 1.29 is 9.53 Å². The van der Waals surface area contributed by atoms with Gasteiger partial charge in [-0.2, -0.15) is 0 Å². The molecule has 1 aromatic rings. The van der Waals surface area contributed by atoms with E-state index in [1.165, 1.54) is 0 Å². The van der Waals surface area contributed by atoms with E-state index in [9.17, 15) is 4.79 Å². The fraction of sp³-hybridized carbons (Fsp3) is 0.867. The second-order valence-electron chi connectivity index (χ2n) is 6.48. The molecule has 9 heteroatoms. The van der Waals surface area contributed by atoms with E-state index in [0.29, 0.717) is 12.6 Å². The molecule has 1 aromatic heterocycles. The third-order valence-electron chi connectivity index (χ3n) is 4.50. The third-order valence-corrected chi connectivity index (χ3v) is 4.50. The van der Waals surface area contributed by atoms with Crippen molar-refractivity contribution in [1.29, 1.82) is 0 Å². The summed E-state index contributed by atoms with van der Waals surface area (Å²) in [5, 5.41) is 11.7. The monoisotopic (exact) mass is 339 g/mol. The van der Waals surface area contributed by atoms with Crippen LogP contribution in [0.25, 0.3) is 0 Å². The normalized spacial score (nSPS) is 16.3. The molecule has 1 aliphatic heterocycles. The number of hydrogen-bond donors (Lipinski definition) is 0. The summed E-state index contributed by atoms with van der Waals surface area (Å²) in [5.41, 5.74) is 0. The van der Waals surface area contributed by atoms with Crippen LogP contribution in [-0.4, -0.2) is 100 Å². The first-order valence-corrected chi connectivity index (χ1v) is 8.45. The zero-order valence-corrected chi connectivity index (χ0v) is 15.2. The summed E-state index contributed by atoms with van der Waals surface area (Å²) in [7, 11) is 3.73. The van der Waals surface area contributed by atoms with Gasteiger partial charge in [-0.25, -0.2) is 4.68 Å². The van der Waals surface area contributed by atoms with Crippen LogP contribution in [-0.2, 0) is 22.6 Å². The first-order valence-electron chi connectivity index (χ1n) is 8.45. The minimum absolute atomic E-state index is 0.0714. The largest absolute Gasteiger partial charge is 0.383 e. The van der Waals surface area contributed by atoms with Crippen LogP contribution in [0.2, 0.25) is 0 Å². The molecule has 2 rings (SSSR count). The molecule has 1 amide bonds. The lowest BCUT2D eigenvalue weighted by molar-refractivity contribution is -0.133. The molecule has 1 fully saturated rings. The van der Waals surface area contributed by atoms with Crippen LogP contribution in [0.1, 0.15) is 19.7 Å². The zero-order valence-electron chi connectivity index (χ0n) is 15.2. The number of aromatic nitrogens is 4. The van der Waals surface area contributed by atoms with Crippen molar-refractivity contribution in [3.8, 4) is 0 Å². The summed E-state index contributed by atoms with van der Waals surface area (Å²) < 4.78 is 6.71. The maximum atomic E-state index is 12.5. The number of amides is 1. The number of rotatable bonds is 8. The highest BCUT2D eigenvalue weighted by molar-refractivity contribution is 5.76. The fourth-order valence-electron chi connectivity index (χ4n) is 2.53. The molecule has 136 valence electrons. The molecular formula is C15H29N7O2. The van der Waals surface area contributed by atoms with Gasteiger partial charge in [-0.1, -0.05) is 0 Å². The van der Waals surface area contributed by atoms with Gasteiger partial charge in [0, 0.05) is 45.9 Å². The first-order chi connectivity index (χ1) is 11.5. The SMILES string of the molecule is COCCN1CCN(C(=O)Cn2nnnc2CN(C)C(C)C)CC1. The van der Waals surface area contributed by atoms with E-state index < -0.39 is 0 Å². The van der Waals surface area contributed by atoms with Crippen molar-refractivity contribution in [2.24, 2.45) is 0 Å². The van der Waals surface area contributed by atoms with Gasteiger partial charge in [0.25, 0.3) is 0 Å². The molecule has 0 saturated carbocycles. The van der Waals surface area contributed by atoms with Crippen molar-refractivity contribution in [2.75, 3.05) is 53.5 Å². The number of methoxy groups -OCH3 is 1. The Bertz CT molecular complexity index is 512. The Kier molecular flexibility index (Phi) is 7.07. The molecule has 1 aliphatic rings. The van der Waals surface area contributed by atoms with Crippen LogP contribution in [0, 0.1) is 0 Å². The zero-order chi connectivity index (χ0) is 17.5. The number of nitrogens with zero attached hydrogens (tertiary/aromatic N) is 7. The Labute approximate surface area is 143 Å². The third kappa shape index (κ3) is 5.22. The van der Waals surface area contributed by atoms with Crippen molar-refractivity contribution in [3.63, 3.8) is 0 Å². The summed E-state index contributed by atoms with van der Waals surface area (Å²) in [5.74, 6) is 0.792. The summed E-state index contributed by atoms with van der Waals surface area (Å²) in [6, 6.07) is 0.394. The lowest BCUT2D eigenvalue weighted by Crippen LogP contribution is -2.50. The molecule has 2 heterocycles. The molecule has 0 spiro atoms. The van der Waals surface area contributed by atoms with E-state index in [4.69, 9.17) is 4.74 Å². The maximum absolute atomic E-state index is 12.5. The second-order valence-corrected chi connectivity index (χ2v) is 6.48. The highest BCUT2D eigenvalue weighted by atomic mass is 16.5. The minimum Gasteiger partial charge on any atom is -0.383 e. The molecule has 0 atom stereocenters. The van der Waals surface area contributed by atoms with Gasteiger partial charge in [0.05, 0.1) is 13.2 Å². The number of carbonyl (C=O) groups excluding carboxylic acids is 1. The van der Waals surface area contributed by atoms with Crippen LogP contribution >= 0.6 is 0 Å². The van der Waals surface area contributed by atoms with Gasteiger partial charge in [0.15, 0.2) is 5.82 Å². The Hall–Kier alpha value is -1.58. The van der Waals surface area contributed by atoms with E-state index >= 15 is 0 Å². The van der Waals surface area contributed by atoms with Crippen LogP contribution < -0.4 is 0 Å². The quantitative estimate of drug-likeness (QED) is 0.620. The minimum atomic E-state index is 0.0714. The lowest BCUT2D eigenvalue weighted by atomic mass is 10.3. The average molecular weight is 339 g/mol. The van der Waals surface area contributed by atoms with Crippen LogP contribution in [0.5, 0.6) is 0 Å². The van der Waals surface area contributed by atoms with Crippen LogP contribution in [0.15, 0.2) is 0 Å². The molecule has 0 N–H and O–H groups in total. The molecule has 1 saturated heterocycles. The van der Waals surface area contributed by atoms with Gasteiger partial charge >= 0.3 is 0 Å².